The molecule has 1 aliphatic rings. The first kappa shape index (κ1) is 14.7. The summed E-state index contributed by atoms with van der Waals surface area (Å²) in [5.74, 6) is 0.410. The molecule has 2 heterocycles. The molecule has 8 heteroatoms. The van der Waals surface area contributed by atoms with Crippen LogP contribution in [0.5, 0.6) is 5.75 Å². The number of hydrogen-bond donors (Lipinski definition) is 0. The molecule has 0 amide bonds. The molecule has 0 aliphatic carbocycles. The highest BCUT2D eigenvalue weighted by atomic mass is 19.4. The fourth-order valence-electron chi connectivity index (χ4n) is 2.73. The van der Waals surface area contributed by atoms with Gasteiger partial charge in [0.2, 0.25) is 6.39 Å². The number of ether oxygens (including phenoxy) is 1. The SMILES string of the molecule is FC(F)(F)Oc1ccccc1C1CCN(c2ncon2)CC1. The van der Waals surface area contributed by atoms with Crippen LogP contribution in [0.3, 0.4) is 0 Å². The minimum Gasteiger partial charge on any atom is -0.405 e. The highest BCUT2D eigenvalue weighted by Crippen LogP contribution is 2.36. The summed E-state index contributed by atoms with van der Waals surface area (Å²) < 4.78 is 46.3. The number of anilines is 1. The molecule has 1 aromatic heterocycles. The molecule has 1 aromatic carbocycles. The van der Waals surface area contributed by atoms with Gasteiger partial charge in [-0.25, -0.2) is 0 Å². The topological polar surface area (TPSA) is 51.4 Å². The highest BCUT2D eigenvalue weighted by Gasteiger charge is 2.33. The van der Waals surface area contributed by atoms with Crippen LogP contribution in [0.2, 0.25) is 0 Å². The molecule has 1 saturated heterocycles. The van der Waals surface area contributed by atoms with E-state index in [4.69, 9.17) is 4.52 Å². The second-order valence-corrected chi connectivity index (χ2v) is 5.08. The fourth-order valence-corrected chi connectivity index (χ4v) is 2.73. The molecule has 0 unspecified atom stereocenters. The zero-order chi connectivity index (χ0) is 15.6. The van der Waals surface area contributed by atoms with Gasteiger partial charge in [0.1, 0.15) is 5.75 Å². The third-order valence-electron chi connectivity index (χ3n) is 3.71. The van der Waals surface area contributed by atoms with Crippen molar-refractivity contribution >= 4 is 5.95 Å². The summed E-state index contributed by atoms with van der Waals surface area (Å²) in [5.41, 5.74) is 0.590. The van der Waals surface area contributed by atoms with Crippen LogP contribution in [0.4, 0.5) is 19.1 Å². The summed E-state index contributed by atoms with van der Waals surface area (Å²) in [6.07, 6.45) is -2.02. The summed E-state index contributed by atoms with van der Waals surface area (Å²) in [4.78, 5) is 5.93. The normalized spacial score (nSPS) is 16.8. The van der Waals surface area contributed by atoms with Gasteiger partial charge in [0.25, 0.3) is 5.95 Å². The Kier molecular flexibility index (Phi) is 3.91. The zero-order valence-electron chi connectivity index (χ0n) is 11.6. The van der Waals surface area contributed by atoms with E-state index >= 15 is 0 Å². The molecule has 22 heavy (non-hydrogen) atoms. The standard InChI is InChI=1S/C14H14F3N3O2/c15-14(16,17)22-12-4-2-1-3-11(12)10-5-7-20(8-6-10)13-18-9-21-19-13/h1-4,9-10H,5-8H2. The number of aromatic nitrogens is 2. The lowest BCUT2D eigenvalue weighted by atomic mass is 9.89. The summed E-state index contributed by atoms with van der Waals surface area (Å²) in [7, 11) is 0. The summed E-state index contributed by atoms with van der Waals surface area (Å²) >= 11 is 0. The number of piperidine rings is 1. The van der Waals surface area contributed by atoms with Crippen molar-refractivity contribution in [3.05, 3.63) is 36.2 Å². The van der Waals surface area contributed by atoms with Crippen molar-refractivity contribution in [3.8, 4) is 5.75 Å². The van der Waals surface area contributed by atoms with E-state index in [9.17, 15) is 13.2 Å². The van der Waals surface area contributed by atoms with Crippen LogP contribution in [0, 0.1) is 0 Å². The highest BCUT2D eigenvalue weighted by molar-refractivity contribution is 5.38. The largest absolute Gasteiger partial charge is 0.573 e. The molecule has 0 radical (unpaired) electrons. The fraction of sp³-hybridized carbons (Fsp3) is 0.429. The van der Waals surface area contributed by atoms with Crippen LogP contribution < -0.4 is 9.64 Å². The Labute approximate surface area is 124 Å². The third-order valence-corrected chi connectivity index (χ3v) is 3.71. The van der Waals surface area contributed by atoms with Gasteiger partial charge in [-0.1, -0.05) is 18.2 Å². The van der Waals surface area contributed by atoms with Crippen molar-refractivity contribution in [1.82, 2.24) is 10.1 Å². The van der Waals surface area contributed by atoms with Crippen molar-refractivity contribution in [2.45, 2.75) is 25.1 Å². The molecule has 5 nitrogen and oxygen atoms in total. The molecule has 118 valence electrons. The van der Waals surface area contributed by atoms with Gasteiger partial charge in [-0.15, -0.1) is 13.2 Å². The zero-order valence-corrected chi connectivity index (χ0v) is 11.6. The van der Waals surface area contributed by atoms with E-state index < -0.39 is 6.36 Å². The van der Waals surface area contributed by atoms with Gasteiger partial charge in [-0.2, -0.15) is 4.98 Å². The minimum absolute atomic E-state index is 0.0155. The van der Waals surface area contributed by atoms with Gasteiger partial charge in [-0.3, -0.25) is 0 Å². The molecule has 0 bridgehead atoms. The van der Waals surface area contributed by atoms with Crippen LogP contribution >= 0.6 is 0 Å². The van der Waals surface area contributed by atoms with Crippen molar-refractivity contribution in [2.24, 2.45) is 0 Å². The van der Waals surface area contributed by atoms with E-state index in [0.29, 0.717) is 37.4 Å². The van der Waals surface area contributed by atoms with Crippen molar-refractivity contribution in [1.29, 1.82) is 0 Å². The van der Waals surface area contributed by atoms with Crippen LogP contribution in [0.15, 0.2) is 35.2 Å². The van der Waals surface area contributed by atoms with E-state index in [0.717, 1.165) is 0 Å². The van der Waals surface area contributed by atoms with Gasteiger partial charge < -0.3 is 14.2 Å². The Morgan fingerprint density at radius 1 is 1.18 bits per heavy atom. The summed E-state index contributed by atoms with van der Waals surface area (Å²) in [5, 5.41) is 3.77. The number of hydrogen-bond acceptors (Lipinski definition) is 5. The molecule has 0 spiro atoms. The molecule has 0 saturated carbocycles. The lowest BCUT2D eigenvalue weighted by Gasteiger charge is -2.31. The Hall–Kier alpha value is -2.25. The third kappa shape index (κ3) is 3.32. The van der Waals surface area contributed by atoms with Gasteiger partial charge >= 0.3 is 6.36 Å². The second-order valence-electron chi connectivity index (χ2n) is 5.08. The monoisotopic (exact) mass is 313 g/mol. The van der Waals surface area contributed by atoms with Crippen LogP contribution in [-0.2, 0) is 0 Å². The van der Waals surface area contributed by atoms with Gasteiger partial charge in [-0.05, 0) is 35.5 Å². The van der Waals surface area contributed by atoms with E-state index in [1.807, 2.05) is 4.90 Å². The predicted octanol–water partition coefficient (Wildman–Crippen LogP) is 3.35. The number of benzene rings is 1. The van der Waals surface area contributed by atoms with E-state index in [1.54, 1.807) is 18.2 Å². The van der Waals surface area contributed by atoms with Crippen LogP contribution in [-0.4, -0.2) is 29.6 Å². The molecule has 1 fully saturated rings. The Balaban J connectivity index is 1.71. The number of alkyl halides is 3. The van der Waals surface area contributed by atoms with E-state index in [1.165, 1.54) is 12.5 Å². The van der Waals surface area contributed by atoms with Gasteiger partial charge in [0.15, 0.2) is 0 Å². The van der Waals surface area contributed by atoms with Crippen molar-refractivity contribution in [3.63, 3.8) is 0 Å². The molecular weight excluding hydrogens is 299 g/mol. The molecule has 0 atom stereocenters. The molecule has 3 rings (SSSR count). The first-order chi connectivity index (χ1) is 10.5. The average molecular weight is 313 g/mol. The van der Waals surface area contributed by atoms with E-state index in [2.05, 4.69) is 14.9 Å². The second kappa shape index (κ2) is 5.86. The Morgan fingerprint density at radius 2 is 1.91 bits per heavy atom. The average Bonchev–Trinajstić information content (AvgIpc) is 3.01. The maximum atomic E-state index is 12.5. The number of nitrogens with zero attached hydrogens (tertiary/aromatic N) is 3. The van der Waals surface area contributed by atoms with Gasteiger partial charge in [0.05, 0.1) is 0 Å². The lowest BCUT2D eigenvalue weighted by Crippen LogP contribution is -2.33. The van der Waals surface area contributed by atoms with Gasteiger partial charge in [0, 0.05) is 13.1 Å². The number of para-hydroxylation sites is 1. The maximum absolute atomic E-state index is 12.5. The minimum atomic E-state index is -4.68. The molecule has 0 N–H and O–H groups in total. The van der Waals surface area contributed by atoms with Crippen molar-refractivity contribution in [2.75, 3.05) is 18.0 Å². The summed E-state index contributed by atoms with van der Waals surface area (Å²) in [6, 6.07) is 6.31. The molecule has 2 aromatic rings. The van der Waals surface area contributed by atoms with Crippen LogP contribution in [0.1, 0.15) is 24.3 Å². The number of rotatable bonds is 3. The number of halogens is 3. The molecule has 1 aliphatic heterocycles. The van der Waals surface area contributed by atoms with Crippen molar-refractivity contribution < 1.29 is 22.4 Å². The first-order valence-electron chi connectivity index (χ1n) is 6.89. The maximum Gasteiger partial charge on any atom is 0.573 e. The Morgan fingerprint density at radius 3 is 2.55 bits per heavy atom. The van der Waals surface area contributed by atoms with E-state index in [-0.39, 0.29) is 11.7 Å². The first-order valence-corrected chi connectivity index (χ1v) is 6.89. The summed E-state index contributed by atoms with van der Waals surface area (Å²) in [6.45, 7) is 1.31. The molecular formula is C14H14F3N3O2. The quantitative estimate of drug-likeness (QED) is 0.870. The Bertz CT molecular complexity index is 608. The smallest absolute Gasteiger partial charge is 0.405 e. The lowest BCUT2D eigenvalue weighted by molar-refractivity contribution is -0.275. The van der Waals surface area contributed by atoms with Crippen LogP contribution in [0.25, 0.3) is 0 Å². The predicted molar refractivity (Wildman–Crippen MR) is 71.6 cm³/mol.